The molecule has 10 aromatic carbocycles. The Morgan fingerprint density at radius 1 is 0.271 bits per heavy atom. The highest BCUT2D eigenvalue weighted by Crippen LogP contribution is 2.48. The maximum absolute atomic E-state index is 5.33. The largest absolute Gasteiger partial charge is 0.208 e. The van der Waals surface area contributed by atoms with Gasteiger partial charge in [-0.3, -0.25) is 0 Å². The molecule has 0 saturated carbocycles. The maximum atomic E-state index is 5.33. The molecule has 0 amide bonds. The summed E-state index contributed by atoms with van der Waals surface area (Å²) in [6.07, 6.45) is 0. The quantitative estimate of drug-likeness (QED) is 0.164. The van der Waals surface area contributed by atoms with Crippen molar-refractivity contribution in [1.29, 1.82) is 0 Å². The van der Waals surface area contributed by atoms with Crippen LogP contribution >= 0.6 is 11.3 Å². The van der Waals surface area contributed by atoms with Crippen LogP contribution in [-0.2, 0) is 0 Å². The van der Waals surface area contributed by atoms with Crippen LogP contribution in [0.1, 0.15) is 0 Å². The maximum Gasteiger partial charge on any atom is 0.165 e. The first-order chi connectivity index (χ1) is 29.3. The fourth-order valence-corrected chi connectivity index (χ4v) is 10.3. The van der Waals surface area contributed by atoms with Crippen molar-refractivity contribution in [2.75, 3.05) is 0 Å². The van der Waals surface area contributed by atoms with E-state index in [0.717, 1.165) is 27.5 Å². The first-order valence-corrected chi connectivity index (χ1v) is 20.8. The molecule has 0 N–H and O–H groups in total. The van der Waals surface area contributed by atoms with Crippen LogP contribution in [0.4, 0.5) is 0 Å². The Balaban J connectivity index is 1.11. The SMILES string of the molecule is c1ccc(-c2nc(-c3ccc(-c4c5ccccc5c(-c5cccc6ccccc56)c5ccccc45)c4ccccc34)nc(-c3cccc4c3sc3ccccc34)n2)cc1. The van der Waals surface area contributed by atoms with Gasteiger partial charge in [0, 0.05) is 36.9 Å². The molecule has 0 saturated heterocycles. The Kier molecular flexibility index (Phi) is 7.72. The van der Waals surface area contributed by atoms with Crippen molar-refractivity contribution in [3.8, 4) is 56.4 Å². The average Bonchev–Trinajstić information content (AvgIpc) is 3.70. The topological polar surface area (TPSA) is 38.7 Å². The summed E-state index contributed by atoms with van der Waals surface area (Å²) in [5.74, 6) is 1.97. The molecule has 274 valence electrons. The second-order valence-electron chi connectivity index (χ2n) is 15.0. The molecule has 0 aliphatic carbocycles. The third kappa shape index (κ3) is 5.38. The Morgan fingerprint density at radius 3 is 1.41 bits per heavy atom. The fraction of sp³-hybridized carbons (Fsp3) is 0. The standard InChI is InChI=1S/C55H33N3S/c1-2-17-35(18-3-1)53-56-54(58-55(57-53)48-30-15-29-46-39-23-12-13-31-49(39)59-52(46)48)47-33-32-45(37-21-6-7-22-38(37)47)51-43-26-10-8-24-41(43)50(42-25-9-11-27-44(42)51)40-28-14-19-34-16-4-5-20-36(34)40/h1-33H. The van der Waals surface area contributed by atoms with Crippen molar-refractivity contribution in [3.63, 3.8) is 0 Å². The van der Waals surface area contributed by atoms with Gasteiger partial charge in [0.05, 0.1) is 0 Å². The van der Waals surface area contributed by atoms with Crippen molar-refractivity contribution in [3.05, 3.63) is 200 Å². The van der Waals surface area contributed by atoms with Gasteiger partial charge >= 0.3 is 0 Å². The zero-order valence-electron chi connectivity index (χ0n) is 31.8. The van der Waals surface area contributed by atoms with E-state index in [1.165, 1.54) is 74.7 Å². The van der Waals surface area contributed by atoms with E-state index in [-0.39, 0.29) is 0 Å². The Bertz CT molecular complexity index is 3560. The molecule has 0 atom stereocenters. The molecule has 2 aromatic heterocycles. The van der Waals surface area contributed by atoms with E-state index in [1.54, 1.807) is 11.3 Å². The van der Waals surface area contributed by atoms with Crippen LogP contribution in [0, 0.1) is 0 Å². The molecular weight excluding hydrogens is 735 g/mol. The van der Waals surface area contributed by atoms with E-state index >= 15 is 0 Å². The van der Waals surface area contributed by atoms with Gasteiger partial charge in [-0.05, 0) is 83.5 Å². The lowest BCUT2D eigenvalue weighted by Gasteiger charge is -2.20. The molecule has 0 fully saturated rings. The van der Waals surface area contributed by atoms with Crippen LogP contribution in [-0.4, -0.2) is 15.0 Å². The average molecular weight is 768 g/mol. The van der Waals surface area contributed by atoms with Gasteiger partial charge < -0.3 is 0 Å². The molecule has 2 heterocycles. The fourth-order valence-electron chi connectivity index (χ4n) is 9.12. The van der Waals surface area contributed by atoms with Crippen molar-refractivity contribution < 1.29 is 0 Å². The third-order valence-electron chi connectivity index (χ3n) is 11.7. The minimum absolute atomic E-state index is 0.649. The summed E-state index contributed by atoms with van der Waals surface area (Å²) in [5.41, 5.74) is 7.83. The molecule has 0 radical (unpaired) electrons. The minimum atomic E-state index is 0.649. The van der Waals surface area contributed by atoms with E-state index < -0.39 is 0 Å². The number of nitrogens with zero attached hydrogens (tertiary/aromatic N) is 3. The smallest absolute Gasteiger partial charge is 0.165 e. The van der Waals surface area contributed by atoms with Crippen molar-refractivity contribution in [1.82, 2.24) is 15.0 Å². The lowest BCUT2D eigenvalue weighted by atomic mass is 9.83. The molecule has 12 rings (SSSR count). The van der Waals surface area contributed by atoms with E-state index in [2.05, 4.69) is 182 Å². The molecule has 59 heavy (non-hydrogen) atoms. The van der Waals surface area contributed by atoms with E-state index in [4.69, 9.17) is 15.0 Å². The first kappa shape index (κ1) is 33.6. The summed E-state index contributed by atoms with van der Waals surface area (Å²) in [6.45, 7) is 0. The number of fused-ring (bicyclic) bond motifs is 7. The highest BCUT2D eigenvalue weighted by atomic mass is 32.1. The van der Waals surface area contributed by atoms with Crippen LogP contribution in [0.15, 0.2) is 200 Å². The van der Waals surface area contributed by atoms with Gasteiger partial charge in [0.15, 0.2) is 17.5 Å². The van der Waals surface area contributed by atoms with Gasteiger partial charge in [0.1, 0.15) is 0 Å². The van der Waals surface area contributed by atoms with E-state index in [9.17, 15) is 0 Å². The summed E-state index contributed by atoms with van der Waals surface area (Å²) >= 11 is 1.79. The highest BCUT2D eigenvalue weighted by Gasteiger charge is 2.22. The third-order valence-corrected chi connectivity index (χ3v) is 13.0. The zero-order valence-corrected chi connectivity index (χ0v) is 32.6. The van der Waals surface area contributed by atoms with E-state index in [1.807, 2.05) is 18.2 Å². The molecule has 4 heteroatoms. The van der Waals surface area contributed by atoms with Gasteiger partial charge in [0.25, 0.3) is 0 Å². The van der Waals surface area contributed by atoms with Crippen LogP contribution in [0.25, 0.3) is 120 Å². The van der Waals surface area contributed by atoms with Crippen molar-refractivity contribution in [2.45, 2.75) is 0 Å². The molecule has 3 nitrogen and oxygen atoms in total. The monoisotopic (exact) mass is 767 g/mol. The molecule has 0 aliphatic rings. The molecule has 0 spiro atoms. The van der Waals surface area contributed by atoms with Gasteiger partial charge in [-0.1, -0.05) is 182 Å². The number of hydrogen-bond donors (Lipinski definition) is 0. The lowest BCUT2D eigenvalue weighted by Crippen LogP contribution is -2.01. The Labute approximate surface area is 344 Å². The van der Waals surface area contributed by atoms with Gasteiger partial charge in [-0.15, -0.1) is 11.3 Å². The normalized spacial score (nSPS) is 11.7. The van der Waals surface area contributed by atoms with Crippen molar-refractivity contribution in [2.24, 2.45) is 0 Å². The second kappa shape index (κ2) is 13.6. The predicted molar refractivity (Wildman–Crippen MR) is 250 cm³/mol. The van der Waals surface area contributed by atoms with Crippen LogP contribution < -0.4 is 0 Å². The summed E-state index contributed by atoms with van der Waals surface area (Å²) in [5, 5.41) is 12.1. The summed E-state index contributed by atoms with van der Waals surface area (Å²) in [4.78, 5) is 15.7. The van der Waals surface area contributed by atoms with Gasteiger partial charge in [0.2, 0.25) is 0 Å². The summed E-state index contributed by atoms with van der Waals surface area (Å²) in [7, 11) is 0. The molecule has 12 aromatic rings. The predicted octanol–water partition coefficient (Wildman–Crippen LogP) is 15.2. The van der Waals surface area contributed by atoms with Gasteiger partial charge in [-0.2, -0.15) is 0 Å². The molecule has 0 unspecified atom stereocenters. The molecule has 0 bridgehead atoms. The molecule has 0 aliphatic heterocycles. The second-order valence-corrected chi connectivity index (χ2v) is 16.1. The number of thiophene rings is 1. The Morgan fingerprint density at radius 2 is 0.712 bits per heavy atom. The lowest BCUT2D eigenvalue weighted by molar-refractivity contribution is 1.08. The number of aromatic nitrogens is 3. The highest BCUT2D eigenvalue weighted by molar-refractivity contribution is 7.26. The number of benzene rings is 10. The van der Waals surface area contributed by atoms with Crippen LogP contribution in [0.5, 0.6) is 0 Å². The van der Waals surface area contributed by atoms with E-state index in [0.29, 0.717) is 17.5 Å². The van der Waals surface area contributed by atoms with Gasteiger partial charge in [-0.25, -0.2) is 15.0 Å². The summed E-state index contributed by atoms with van der Waals surface area (Å²) in [6, 6.07) is 71.7. The van der Waals surface area contributed by atoms with Crippen molar-refractivity contribution >= 4 is 74.6 Å². The molecular formula is C55H33N3S. The van der Waals surface area contributed by atoms with Crippen LogP contribution in [0.2, 0.25) is 0 Å². The number of rotatable bonds is 5. The zero-order chi connectivity index (χ0) is 38.9. The first-order valence-electron chi connectivity index (χ1n) is 19.9. The summed E-state index contributed by atoms with van der Waals surface area (Å²) < 4.78 is 2.43. The minimum Gasteiger partial charge on any atom is -0.208 e. The Hall–Kier alpha value is -7.53. The van der Waals surface area contributed by atoms with Crippen LogP contribution in [0.3, 0.4) is 0 Å². The number of hydrogen-bond acceptors (Lipinski definition) is 4.